The zero-order valence-corrected chi connectivity index (χ0v) is 12.9. The van der Waals surface area contributed by atoms with Gasteiger partial charge < -0.3 is 14.5 Å². The summed E-state index contributed by atoms with van der Waals surface area (Å²) in [7, 11) is 1.76. The van der Waals surface area contributed by atoms with E-state index in [0.717, 1.165) is 65.1 Å². The molecule has 0 saturated carbocycles. The lowest BCUT2D eigenvalue weighted by Gasteiger charge is -2.34. The highest BCUT2D eigenvalue weighted by Gasteiger charge is 2.16. The van der Waals surface area contributed by atoms with Gasteiger partial charge in [-0.05, 0) is 19.4 Å². The quantitative estimate of drug-likeness (QED) is 0.596. The molecule has 0 spiro atoms. The van der Waals surface area contributed by atoms with E-state index >= 15 is 0 Å². The van der Waals surface area contributed by atoms with E-state index in [4.69, 9.17) is 4.74 Å². The highest BCUT2D eigenvalue weighted by Crippen LogP contribution is 2.06. The number of carbonyl (C=O) groups excluding carboxylic acids is 1. The summed E-state index contributed by atoms with van der Waals surface area (Å²) >= 11 is 0. The molecule has 1 aliphatic rings. The van der Waals surface area contributed by atoms with Crippen LogP contribution in [0.25, 0.3) is 0 Å². The van der Waals surface area contributed by atoms with Crippen molar-refractivity contribution in [3.8, 4) is 0 Å². The lowest BCUT2D eigenvalue weighted by atomic mass is 10.0. The zero-order chi connectivity index (χ0) is 14.1. The molecule has 0 N–H and O–H groups in total. The first kappa shape index (κ1) is 16.6. The predicted molar refractivity (Wildman–Crippen MR) is 78.5 cm³/mol. The second-order valence-electron chi connectivity index (χ2n) is 5.75. The molecule has 0 aliphatic carbocycles. The summed E-state index contributed by atoms with van der Waals surface area (Å²) in [6.07, 6.45) is 2.88. The van der Waals surface area contributed by atoms with Crippen LogP contribution in [-0.2, 0) is 9.53 Å². The van der Waals surface area contributed by atoms with Gasteiger partial charge in [0, 0.05) is 58.8 Å². The van der Waals surface area contributed by atoms with Gasteiger partial charge in [0.2, 0.25) is 0 Å². The maximum Gasteiger partial charge on any atom is 0.135 e. The summed E-state index contributed by atoms with van der Waals surface area (Å²) < 4.78 is 5.08. The minimum absolute atomic E-state index is 0.192. The lowest BCUT2D eigenvalue weighted by Crippen LogP contribution is -2.46. The van der Waals surface area contributed by atoms with Crippen LogP contribution in [0.2, 0.25) is 0 Å². The Labute approximate surface area is 118 Å². The molecule has 1 fully saturated rings. The Morgan fingerprint density at radius 1 is 1.05 bits per heavy atom. The van der Waals surface area contributed by atoms with Crippen molar-refractivity contribution in [2.75, 3.05) is 53.0 Å². The largest absolute Gasteiger partial charge is 0.385 e. The molecule has 0 amide bonds. The molecule has 0 atom stereocenters. The molecule has 0 radical (unpaired) electrons. The molecule has 0 aromatic heterocycles. The number of ether oxygens (including phenoxy) is 1. The third-order valence-corrected chi connectivity index (χ3v) is 3.83. The number of nitrogens with zero attached hydrogens (tertiary/aromatic N) is 2. The van der Waals surface area contributed by atoms with E-state index in [-0.39, 0.29) is 5.92 Å². The smallest absolute Gasteiger partial charge is 0.135 e. The molecule has 19 heavy (non-hydrogen) atoms. The first-order chi connectivity index (χ1) is 9.13. The van der Waals surface area contributed by atoms with E-state index in [0.29, 0.717) is 5.78 Å². The maximum atomic E-state index is 11.5. The van der Waals surface area contributed by atoms with Crippen LogP contribution in [0.5, 0.6) is 0 Å². The van der Waals surface area contributed by atoms with E-state index in [9.17, 15) is 4.79 Å². The highest BCUT2D eigenvalue weighted by atomic mass is 16.5. The summed E-state index contributed by atoms with van der Waals surface area (Å²) in [5, 5.41) is 0. The molecule has 0 bridgehead atoms. The van der Waals surface area contributed by atoms with Gasteiger partial charge in [-0.15, -0.1) is 0 Å². The summed E-state index contributed by atoms with van der Waals surface area (Å²) in [4.78, 5) is 16.5. The molecule has 1 heterocycles. The van der Waals surface area contributed by atoms with Crippen LogP contribution < -0.4 is 0 Å². The van der Waals surface area contributed by atoms with Crippen LogP contribution in [0.3, 0.4) is 0 Å². The molecule has 1 saturated heterocycles. The third kappa shape index (κ3) is 7.04. The normalized spacial score (nSPS) is 18.1. The minimum Gasteiger partial charge on any atom is -0.385 e. The third-order valence-electron chi connectivity index (χ3n) is 3.83. The molecule has 0 aromatic rings. The monoisotopic (exact) mass is 270 g/mol. The van der Waals surface area contributed by atoms with Gasteiger partial charge in [-0.25, -0.2) is 0 Å². The van der Waals surface area contributed by atoms with Crippen LogP contribution in [0.1, 0.15) is 33.1 Å². The number of piperazine rings is 1. The Bertz CT molecular complexity index is 249. The molecular formula is C15H30N2O2. The van der Waals surface area contributed by atoms with Gasteiger partial charge in [0.1, 0.15) is 5.78 Å². The van der Waals surface area contributed by atoms with Gasteiger partial charge in [0.05, 0.1) is 0 Å². The highest BCUT2D eigenvalue weighted by molar-refractivity contribution is 5.80. The van der Waals surface area contributed by atoms with E-state index in [1.807, 2.05) is 13.8 Å². The number of carbonyl (C=O) groups is 1. The van der Waals surface area contributed by atoms with Crippen LogP contribution in [0, 0.1) is 5.92 Å². The number of hydrogen-bond acceptors (Lipinski definition) is 4. The first-order valence-electron chi connectivity index (χ1n) is 7.60. The van der Waals surface area contributed by atoms with Crippen LogP contribution in [0.15, 0.2) is 0 Å². The van der Waals surface area contributed by atoms with Crippen molar-refractivity contribution < 1.29 is 9.53 Å². The van der Waals surface area contributed by atoms with Gasteiger partial charge in [0.25, 0.3) is 0 Å². The summed E-state index contributed by atoms with van der Waals surface area (Å²) in [6, 6.07) is 0. The Hall–Kier alpha value is -0.450. The summed E-state index contributed by atoms with van der Waals surface area (Å²) in [6.45, 7) is 11.6. The Kier molecular flexibility index (Phi) is 8.26. The summed E-state index contributed by atoms with van der Waals surface area (Å²) in [5.41, 5.74) is 0. The van der Waals surface area contributed by atoms with Crippen LogP contribution in [0.4, 0.5) is 0 Å². The molecule has 0 aromatic carbocycles. The number of hydrogen-bond donors (Lipinski definition) is 0. The molecule has 4 heteroatoms. The van der Waals surface area contributed by atoms with Crippen molar-refractivity contribution in [3.05, 3.63) is 0 Å². The Balaban J connectivity index is 2.05. The molecule has 4 nitrogen and oxygen atoms in total. The standard InChI is InChI=1S/C15H30N2O2/c1-14(2)15(18)6-4-7-16-9-11-17(12-10-16)8-5-13-19-3/h14H,4-13H2,1-3H3. The number of ketones is 1. The van der Waals surface area contributed by atoms with Crippen molar-refractivity contribution in [2.24, 2.45) is 5.92 Å². The average Bonchev–Trinajstić information content (AvgIpc) is 2.40. The second kappa shape index (κ2) is 9.45. The number of Topliss-reactive ketones (excluding diaryl/α,β-unsaturated/α-hetero) is 1. The molecule has 1 rings (SSSR count). The molecular weight excluding hydrogens is 240 g/mol. The maximum absolute atomic E-state index is 11.5. The zero-order valence-electron chi connectivity index (χ0n) is 12.9. The fraction of sp³-hybridized carbons (Fsp3) is 0.933. The number of methoxy groups -OCH3 is 1. The van der Waals surface area contributed by atoms with Gasteiger partial charge in [0.15, 0.2) is 0 Å². The predicted octanol–water partition coefficient (Wildman–Crippen LogP) is 1.65. The van der Waals surface area contributed by atoms with Gasteiger partial charge in [-0.2, -0.15) is 0 Å². The van der Waals surface area contributed by atoms with Crippen molar-refractivity contribution in [3.63, 3.8) is 0 Å². The van der Waals surface area contributed by atoms with E-state index in [1.54, 1.807) is 7.11 Å². The van der Waals surface area contributed by atoms with Crippen LogP contribution >= 0.6 is 0 Å². The molecule has 1 aliphatic heterocycles. The van der Waals surface area contributed by atoms with Crippen LogP contribution in [-0.4, -0.2) is 68.6 Å². The van der Waals surface area contributed by atoms with Crippen molar-refractivity contribution in [1.29, 1.82) is 0 Å². The SMILES string of the molecule is COCCCN1CCN(CCCC(=O)C(C)C)CC1. The van der Waals surface area contributed by atoms with Crippen molar-refractivity contribution in [2.45, 2.75) is 33.1 Å². The van der Waals surface area contributed by atoms with Gasteiger partial charge >= 0.3 is 0 Å². The molecule has 0 unspecified atom stereocenters. The fourth-order valence-electron chi connectivity index (χ4n) is 2.43. The van der Waals surface area contributed by atoms with Gasteiger partial charge in [-0.3, -0.25) is 4.79 Å². The fourth-order valence-corrected chi connectivity index (χ4v) is 2.43. The minimum atomic E-state index is 0.192. The lowest BCUT2D eigenvalue weighted by molar-refractivity contribution is -0.122. The second-order valence-corrected chi connectivity index (χ2v) is 5.75. The van der Waals surface area contributed by atoms with Crippen molar-refractivity contribution >= 4 is 5.78 Å². The van der Waals surface area contributed by atoms with E-state index in [1.165, 1.54) is 0 Å². The summed E-state index contributed by atoms with van der Waals surface area (Å²) in [5.74, 6) is 0.593. The average molecular weight is 270 g/mol. The van der Waals surface area contributed by atoms with Crippen molar-refractivity contribution in [1.82, 2.24) is 9.80 Å². The van der Waals surface area contributed by atoms with E-state index < -0.39 is 0 Å². The first-order valence-corrected chi connectivity index (χ1v) is 7.60. The van der Waals surface area contributed by atoms with Gasteiger partial charge in [-0.1, -0.05) is 13.8 Å². The number of rotatable bonds is 9. The molecule has 112 valence electrons. The Morgan fingerprint density at radius 2 is 1.58 bits per heavy atom. The van der Waals surface area contributed by atoms with E-state index in [2.05, 4.69) is 9.80 Å². The topological polar surface area (TPSA) is 32.8 Å². The Morgan fingerprint density at radius 3 is 2.05 bits per heavy atom.